The van der Waals surface area contributed by atoms with Crippen molar-refractivity contribution < 1.29 is 9.90 Å². The van der Waals surface area contributed by atoms with Crippen molar-refractivity contribution in [3.8, 4) is 0 Å². The van der Waals surface area contributed by atoms with Crippen LogP contribution in [0.15, 0.2) is 5.38 Å². The number of aliphatic carboxylic acids is 1. The van der Waals surface area contributed by atoms with E-state index in [-0.39, 0.29) is 6.42 Å². The Bertz CT molecular complexity index is 409. The first-order valence-electron chi connectivity index (χ1n) is 6.47. The SMILES string of the molecule is CC(C)C1CCN(c2nc(CC(=O)O)cs2)CC1. The molecule has 0 atom stereocenters. The molecule has 0 aromatic carbocycles. The van der Waals surface area contributed by atoms with Gasteiger partial charge in [-0.05, 0) is 24.7 Å². The molecule has 2 rings (SSSR count). The zero-order chi connectivity index (χ0) is 13.1. The number of aromatic nitrogens is 1. The fraction of sp³-hybridized carbons (Fsp3) is 0.692. The van der Waals surface area contributed by atoms with Gasteiger partial charge in [0.05, 0.1) is 12.1 Å². The van der Waals surface area contributed by atoms with Crippen LogP contribution in [-0.4, -0.2) is 29.1 Å². The molecule has 18 heavy (non-hydrogen) atoms. The number of rotatable bonds is 4. The lowest BCUT2D eigenvalue weighted by atomic mass is 9.87. The van der Waals surface area contributed by atoms with Crippen molar-refractivity contribution in [3.05, 3.63) is 11.1 Å². The van der Waals surface area contributed by atoms with Gasteiger partial charge in [0, 0.05) is 18.5 Å². The summed E-state index contributed by atoms with van der Waals surface area (Å²) in [5.41, 5.74) is 0.675. The highest BCUT2D eigenvalue weighted by molar-refractivity contribution is 7.13. The van der Waals surface area contributed by atoms with Crippen molar-refractivity contribution in [3.63, 3.8) is 0 Å². The Balaban J connectivity index is 1.93. The van der Waals surface area contributed by atoms with Gasteiger partial charge < -0.3 is 10.0 Å². The van der Waals surface area contributed by atoms with Gasteiger partial charge in [-0.15, -0.1) is 11.3 Å². The molecule has 2 heterocycles. The fourth-order valence-electron chi connectivity index (χ4n) is 2.44. The molecule has 0 aliphatic carbocycles. The van der Waals surface area contributed by atoms with Gasteiger partial charge in [0.2, 0.25) is 0 Å². The molecule has 1 N–H and O–H groups in total. The number of anilines is 1. The summed E-state index contributed by atoms with van der Waals surface area (Å²) in [5.74, 6) is 0.760. The maximum atomic E-state index is 10.6. The van der Waals surface area contributed by atoms with Crippen LogP contribution in [0.25, 0.3) is 0 Å². The van der Waals surface area contributed by atoms with Crippen molar-refractivity contribution in [1.82, 2.24) is 4.98 Å². The first-order valence-corrected chi connectivity index (χ1v) is 7.35. The van der Waals surface area contributed by atoms with Crippen LogP contribution in [0.1, 0.15) is 32.4 Å². The van der Waals surface area contributed by atoms with Gasteiger partial charge >= 0.3 is 5.97 Å². The summed E-state index contributed by atoms with van der Waals surface area (Å²) in [5, 5.41) is 11.6. The molecule has 1 aromatic rings. The van der Waals surface area contributed by atoms with E-state index in [4.69, 9.17) is 5.11 Å². The van der Waals surface area contributed by atoms with Crippen LogP contribution < -0.4 is 4.90 Å². The monoisotopic (exact) mass is 268 g/mol. The molecule has 5 heteroatoms. The summed E-state index contributed by atoms with van der Waals surface area (Å²) in [7, 11) is 0. The Morgan fingerprint density at radius 1 is 1.56 bits per heavy atom. The normalized spacial score (nSPS) is 17.4. The van der Waals surface area contributed by atoms with E-state index in [1.807, 2.05) is 5.38 Å². The molecular formula is C13H20N2O2S. The zero-order valence-corrected chi connectivity index (χ0v) is 11.7. The van der Waals surface area contributed by atoms with Gasteiger partial charge in [-0.25, -0.2) is 4.98 Å². The van der Waals surface area contributed by atoms with Gasteiger partial charge in [0.25, 0.3) is 0 Å². The highest BCUT2D eigenvalue weighted by atomic mass is 32.1. The predicted octanol–water partition coefficient (Wildman–Crippen LogP) is 2.64. The summed E-state index contributed by atoms with van der Waals surface area (Å²) >= 11 is 1.56. The van der Waals surface area contributed by atoms with E-state index in [0.29, 0.717) is 5.69 Å². The molecule has 1 saturated heterocycles. The summed E-state index contributed by atoms with van der Waals surface area (Å²) < 4.78 is 0. The minimum atomic E-state index is -0.814. The maximum Gasteiger partial charge on any atom is 0.309 e. The quantitative estimate of drug-likeness (QED) is 0.912. The molecule has 1 aliphatic rings. The van der Waals surface area contributed by atoms with Gasteiger partial charge in [-0.2, -0.15) is 0 Å². The standard InChI is InChI=1S/C13H20N2O2S/c1-9(2)10-3-5-15(6-4-10)13-14-11(8-18-13)7-12(16)17/h8-10H,3-7H2,1-2H3,(H,16,17). The maximum absolute atomic E-state index is 10.6. The van der Waals surface area contributed by atoms with Crippen molar-refractivity contribution in [2.45, 2.75) is 33.1 Å². The van der Waals surface area contributed by atoms with E-state index >= 15 is 0 Å². The van der Waals surface area contributed by atoms with Crippen LogP contribution in [-0.2, 0) is 11.2 Å². The van der Waals surface area contributed by atoms with E-state index in [1.54, 1.807) is 11.3 Å². The predicted molar refractivity (Wildman–Crippen MR) is 73.2 cm³/mol. The minimum Gasteiger partial charge on any atom is -0.481 e. The lowest BCUT2D eigenvalue weighted by Crippen LogP contribution is -2.35. The third-order valence-electron chi connectivity index (χ3n) is 3.62. The summed E-state index contributed by atoms with van der Waals surface area (Å²) in [6.45, 7) is 6.66. The van der Waals surface area contributed by atoms with Crippen LogP contribution in [0.4, 0.5) is 5.13 Å². The number of carboxylic acid groups (broad SMARTS) is 1. The number of hydrogen-bond donors (Lipinski definition) is 1. The van der Waals surface area contributed by atoms with E-state index < -0.39 is 5.97 Å². The Kier molecular flexibility index (Phi) is 4.22. The van der Waals surface area contributed by atoms with Gasteiger partial charge in [-0.3, -0.25) is 4.79 Å². The summed E-state index contributed by atoms with van der Waals surface area (Å²) in [6.07, 6.45) is 2.45. The van der Waals surface area contributed by atoms with Crippen molar-refractivity contribution in [2.24, 2.45) is 11.8 Å². The summed E-state index contributed by atoms with van der Waals surface area (Å²) in [6, 6.07) is 0. The molecule has 0 radical (unpaired) electrons. The van der Waals surface area contributed by atoms with Gasteiger partial charge in [-0.1, -0.05) is 13.8 Å². The topological polar surface area (TPSA) is 53.4 Å². The van der Waals surface area contributed by atoms with E-state index in [9.17, 15) is 4.79 Å². The Hall–Kier alpha value is -1.10. The Morgan fingerprint density at radius 2 is 2.22 bits per heavy atom. The Morgan fingerprint density at radius 3 is 2.78 bits per heavy atom. The fourth-order valence-corrected chi connectivity index (χ4v) is 3.31. The first-order chi connectivity index (χ1) is 8.56. The number of hydrogen-bond acceptors (Lipinski definition) is 4. The molecule has 1 aromatic heterocycles. The van der Waals surface area contributed by atoms with Crippen LogP contribution >= 0.6 is 11.3 Å². The molecule has 0 spiro atoms. The highest BCUT2D eigenvalue weighted by Gasteiger charge is 2.23. The van der Waals surface area contributed by atoms with Crippen LogP contribution in [0.2, 0.25) is 0 Å². The van der Waals surface area contributed by atoms with Crippen molar-refractivity contribution in [2.75, 3.05) is 18.0 Å². The van der Waals surface area contributed by atoms with E-state index in [1.165, 1.54) is 12.8 Å². The number of carbonyl (C=O) groups is 1. The third kappa shape index (κ3) is 3.22. The summed E-state index contributed by atoms with van der Waals surface area (Å²) in [4.78, 5) is 17.3. The molecule has 1 fully saturated rings. The second-order valence-corrected chi connectivity index (χ2v) is 6.10. The van der Waals surface area contributed by atoms with E-state index in [2.05, 4.69) is 23.7 Å². The van der Waals surface area contributed by atoms with Crippen LogP contribution in [0, 0.1) is 11.8 Å². The smallest absolute Gasteiger partial charge is 0.309 e. The van der Waals surface area contributed by atoms with Crippen LogP contribution in [0.5, 0.6) is 0 Å². The largest absolute Gasteiger partial charge is 0.481 e. The average molecular weight is 268 g/mol. The highest BCUT2D eigenvalue weighted by Crippen LogP contribution is 2.29. The molecule has 4 nitrogen and oxygen atoms in total. The van der Waals surface area contributed by atoms with Crippen molar-refractivity contribution >= 4 is 22.4 Å². The number of carboxylic acids is 1. The van der Waals surface area contributed by atoms with Crippen molar-refractivity contribution in [1.29, 1.82) is 0 Å². The lowest BCUT2D eigenvalue weighted by molar-refractivity contribution is -0.136. The second-order valence-electron chi connectivity index (χ2n) is 5.26. The minimum absolute atomic E-state index is 0.0267. The number of piperidine rings is 1. The van der Waals surface area contributed by atoms with E-state index in [0.717, 1.165) is 30.1 Å². The number of thiazole rings is 1. The first kappa shape index (κ1) is 13.3. The van der Waals surface area contributed by atoms with Gasteiger partial charge in [0.1, 0.15) is 0 Å². The number of nitrogens with zero attached hydrogens (tertiary/aromatic N) is 2. The molecule has 0 unspecified atom stereocenters. The molecular weight excluding hydrogens is 248 g/mol. The van der Waals surface area contributed by atoms with Gasteiger partial charge in [0.15, 0.2) is 5.13 Å². The molecule has 100 valence electrons. The molecule has 1 aliphatic heterocycles. The molecule has 0 bridgehead atoms. The second kappa shape index (κ2) is 5.69. The Labute approximate surface area is 112 Å². The molecule has 0 saturated carbocycles. The zero-order valence-electron chi connectivity index (χ0n) is 10.9. The third-order valence-corrected chi connectivity index (χ3v) is 4.58. The molecule has 0 amide bonds. The van der Waals surface area contributed by atoms with Crippen LogP contribution in [0.3, 0.4) is 0 Å². The lowest BCUT2D eigenvalue weighted by Gasteiger charge is -2.33. The average Bonchev–Trinajstić information content (AvgIpc) is 2.76.